The minimum absolute atomic E-state index is 0.778. The topological polar surface area (TPSA) is 92.4 Å². The van der Waals surface area contributed by atoms with Gasteiger partial charge in [0.05, 0.1) is 5.21 Å². The van der Waals surface area contributed by atoms with Crippen LogP contribution in [0.1, 0.15) is 0 Å². The van der Waals surface area contributed by atoms with Gasteiger partial charge >= 0.3 is 0 Å². The first-order valence-electron chi connectivity index (χ1n) is 1.72. The van der Waals surface area contributed by atoms with Gasteiger partial charge in [-0.05, 0) is 5.10 Å². The van der Waals surface area contributed by atoms with Gasteiger partial charge in [0.2, 0.25) is 0 Å². The Morgan fingerprint density at radius 1 is 1.75 bits per heavy atom. The molecule has 0 aliphatic rings. The van der Waals surface area contributed by atoms with Crippen LogP contribution in [0.2, 0.25) is 0 Å². The fourth-order valence-electron chi connectivity index (χ4n) is 0.238. The summed E-state index contributed by atoms with van der Waals surface area (Å²) in [5.41, 5.74) is 7.77. The van der Waals surface area contributed by atoms with Crippen molar-refractivity contribution in [3.8, 4) is 0 Å². The van der Waals surface area contributed by atoms with Crippen LogP contribution < -0.4 is 0 Å². The zero-order valence-corrected chi connectivity index (χ0v) is 3.71. The molecule has 0 aliphatic carbocycles. The van der Waals surface area contributed by atoms with E-state index in [1.54, 1.807) is 0 Å². The number of hydrogen-bond donors (Lipinski definition) is 0. The zero-order chi connectivity index (χ0) is 5.82. The fraction of sp³-hybridized carbons (Fsp3) is 0. The van der Waals surface area contributed by atoms with Crippen molar-refractivity contribution in [3.05, 3.63) is 16.8 Å². The molecule has 0 radical (unpaired) electrons. The summed E-state index contributed by atoms with van der Waals surface area (Å²) in [5, 5.41) is 12.9. The highest BCUT2D eigenvalue weighted by Gasteiger charge is 1.85. The van der Waals surface area contributed by atoms with Crippen molar-refractivity contribution in [2.45, 2.75) is 0 Å². The Labute approximate surface area is 43.5 Å². The van der Waals surface area contributed by atoms with Gasteiger partial charge in [-0.3, -0.25) is 0 Å². The Bertz CT molecular complexity index is 190. The van der Waals surface area contributed by atoms with Crippen LogP contribution in [0.5, 0.6) is 0 Å². The minimum Gasteiger partial charge on any atom is -0.165 e. The molecule has 8 heavy (non-hydrogen) atoms. The van der Waals surface area contributed by atoms with Gasteiger partial charge in [-0.1, -0.05) is 5.10 Å². The van der Waals surface area contributed by atoms with Crippen molar-refractivity contribution in [2.24, 2.45) is 5.22 Å². The van der Waals surface area contributed by atoms with E-state index in [2.05, 4.69) is 25.5 Å². The van der Waals surface area contributed by atoms with Gasteiger partial charge in [0.15, 0.2) is 6.33 Å². The lowest BCUT2D eigenvalue weighted by atomic mass is 11.4. The lowest BCUT2D eigenvalue weighted by molar-refractivity contribution is 0.602. The Balaban J connectivity index is 2.93. The van der Waals surface area contributed by atoms with Gasteiger partial charge in [-0.2, -0.15) is 4.91 Å². The first-order chi connectivity index (χ1) is 3.93. The highest BCUT2D eigenvalue weighted by atomic mass is 15.7. The highest BCUT2D eigenvalue weighted by molar-refractivity contribution is 4.38. The van der Waals surface area contributed by atoms with Gasteiger partial charge in [-0.15, -0.1) is 5.53 Å². The molecule has 1 aromatic heterocycles. The van der Waals surface area contributed by atoms with Crippen LogP contribution in [-0.4, -0.2) is 20.3 Å². The molecule has 0 unspecified atom stereocenters. The molecular formula is CHN7. The lowest BCUT2D eigenvalue weighted by Gasteiger charge is -1.67. The van der Waals surface area contributed by atoms with Crippen molar-refractivity contribution in [2.75, 3.05) is 0 Å². The van der Waals surface area contributed by atoms with E-state index in [-0.39, 0.29) is 0 Å². The van der Waals surface area contributed by atoms with Crippen LogP contribution in [0.4, 0.5) is 0 Å². The summed E-state index contributed by atoms with van der Waals surface area (Å²) in [6.07, 6.45) is 1.18. The van der Waals surface area contributed by atoms with Crippen molar-refractivity contribution >= 4 is 0 Å². The van der Waals surface area contributed by atoms with Crippen LogP contribution >= 0.6 is 0 Å². The standard InChI is InChI=1S/CHN7/c2-5-7-8-4-1-3-6-8/h1H. The van der Waals surface area contributed by atoms with Gasteiger partial charge < -0.3 is 0 Å². The number of azide groups is 1. The summed E-state index contributed by atoms with van der Waals surface area (Å²) in [7, 11) is 0. The summed E-state index contributed by atoms with van der Waals surface area (Å²) in [6, 6.07) is 0. The summed E-state index contributed by atoms with van der Waals surface area (Å²) in [5.74, 6) is 0. The van der Waals surface area contributed by atoms with Crippen LogP contribution in [0.15, 0.2) is 11.6 Å². The molecule has 1 heterocycles. The summed E-state index contributed by atoms with van der Waals surface area (Å²) in [4.78, 5) is 3.18. The monoisotopic (exact) mass is 111 g/mol. The molecule has 0 atom stereocenters. The lowest BCUT2D eigenvalue weighted by Crippen LogP contribution is -1.89. The van der Waals surface area contributed by atoms with E-state index < -0.39 is 0 Å². The molecule has 1 rings (SSSR count). The normalized spacial score (nSPS) is 8.00. The first-order valence-corrected chi connectivity index (χ1v) is 1.72. The molecule has 0 bridgehead atoms. The number of nitrogens with zero attached hydrogens (tertiary/aromatic N) is 7. The second-order valence-electron chi connectivity index (χ2n) is 0.883. The predicted octanol–water partition coefficient (Wildman–Crippen LogP) is -0.254. The number of rotatable bonds is 1. The molecule has 0 aliphatic heterocycles. The van der Waals surface area contributed by atoms with E-state index in [0.717, 1.165) is 4.91 Å². The second-order valence-corrected chi connectivity index (χ2v) is 0.883. The maximum absolute atomic E-state index is 7.77. The summed E-state index contributed by atoms with van der Waals surface area (Å²) < 4.78 is 0. The number of tetrazole rings is 1. The first kappa shape index (κ1) is 4.54. The molecule has 0 saturated carbocycles. The molecule has 7 nitrogen and oxygen atoms in total. The van der Waals surface area contributed by atoms with Crippen LogP contribution in [0, 0.1) is 0 Å². The van der Waals surface area contributed by atoms with E-state index in [1.807, 2.05) is 0 Å². The van der Waals surface area contributed by atoms with Crippen molar-refractivity contribution in [1.29, 1.82) is 0 Å². The Morgan fingerprint density at radius 3 is 3.12 bits per heavy atom. The molecule has 0 spiro atoms. The van der Waals surface area contributed by atoms with Crippen LogP contribution in [0.3, 0.4) is 0 Å². The van der Waals surface area contributed by atoms with E-state index in [1.165, 1.54) is 6.33 Å². The van der Waals surface area contributed by atoms with Gasteiger partial charge in [0.25, 0.3) is 0 Å². The molecule has 40 valence electrons. The number of aromatic nitrogens is 4. The third-order valence-electron chi connectivity index (χ3n) is 0.458. The van der Waals surface area contributed by atoms with Crippen molar-refractivity contribution in [1.82, 2.24) is 20.3 Å². The average Bonchev–Trinajstić information content (AvgIpc) is 2.19. The van der Waals surface area contributed by atoms with Gasteiger partial charge in [0.1, 0.15) is 0 Å². The van der Waals surface area contributed by atoms with E-state index in [0.29, 0.717) is 0 Å². The molecule has 0 fully saturated rings. The maximum atomic E-state index is 7.77. The summed E-state index contributed by atoms with van der Waals surface area (Å²) in [6.45, 7) is 0. The van der Waals surface area contributed by atoms with Crippen molar-refractivity contribution < 1.29 is 0 Å². The fourth-order valence-corrected chi connectivity index (χ4v) is 0.238. The Hall–Kier alpha value is -1.62. The zero-order valence-electron chi connectivity index (χ0n) is 3.71. The van der Waals surface area contributed by atoms with E-state index in [4.69, 9.17) is 5.53 Å². The van der Waals surface area contributed by atoms with Crippen molar-refractivity contribution in [3.63, 3.8) is 0 Å². The molecular weight excluding hydrogens is 110 g/mol. The maximum Gasteiger partial charge on any atom is 0.188 e. The van der Waals surface area contributed by atoms with E-state index in [9.17, 15) is 0 Å². The minimum atomic E-state index is 0.778. The average molecular weight is 111 g/mol. The molecule has 0 N–H and O–H groups in total. The third-order valence-corrected chi connectivity index (χ3v) is 0.458. The predicted molar refractivity (Wildman–Crippen MR) is 22.4 cm³/mol. The van der Waals surface area contributed by atoms with Crippen LogP contribution in [0.25, 0.3) is 10.4 Å². The second kappa shape index (κ2) is 1.90. The van der Waals surface area contributed by atoms with Gasteiger partial charge in [-0.25, -0.2) is 0 Å². The third kappa shape index (κ3) is 0.713. The van der Waals surface area contributed by atoms with Crippen LogP contribution in [-0.2, 0) is 0 Å². The molecule has 1 aromatic rings. The molecule has 0 saturated heterocycles. The Kier molecular flexibility index (Phi) is 1.07. The molecule has 0 aromatic carbocycles. The SMILES string of the molecule is [N-]=[N+]=Nn1ncnn1. The van der Waals surface area contributed by atoms with Gasteiger partial charge in [0, 0.05) is 10.1 Å². The largest absolute Gasteiger partial charge is 0.188 e. The highest BCUT2D eigenvalue weighted by Crippen LogP contribution is 1.69. The summed E-state index contributed by atoms with van der Waals surface area (Å²) >= 11 is 0. The Morgan fingerprint density at radius 2 is 2.62 bits per heavy atom. The van der Waals surface area contributed by atoms with E-state index >= 15 is 0 Å². The smallest absolute Gasteiger partial charge is 0.165 e. The quantitative estimate of drug-likeness (QED) is 0.284. The molecule has 7 heteroatoms. The molecule has 0 amide bonds. The number of hydrogen-bond acceptors (Lipinski definition) is 4.